The van der Waals surface area contributed by atoms with E-state index in [0.29, 0.717) is 5.56 Å². The minimum absolute atomic E-state index is 0.561. The predicted molar refractivity (Wildman–Crippen MR) is 209 cm³/mol. The van der Waals surface area contributed by atoms with Crippen molar-refractivity contribution < 1.29 is 0 Å². The van der Waals surface area contributed by atoms with E-state index in [1.165, 1.54) is 43.7 Å². The summed E-state index contributed by atoms with van der Waals surface area (Å²) in [5.74, 6) is 0. The molecular formula is C46H31N3S. The fraction of sp³-hybridized carbons (Fsp3) is 0.0435. The molecule has 0 saturated carbocycles. The molecule has 2 heterocycles. The molecule has 0 amide bonds. The highest BCUT2D eigenvalue weighted by Gasteiger charge is 2.46. The summed E-state index contributed by atoms with van der Waals surface area (Å²) in [7, 11) is 0. The third-order valence-electron chi connectivity index (χ3n) is 10.1. The van der Waals surface area contributed by atoms with E-state index in [2.05, 4.69) is 181 Å². The zero-order valence-electron chi connectivity index (χ0n) is 27.3. The van der Waals surface area contributed by atoms with Gasteiger partial charge in [-0.3, -0.25) is 4.99 Å². The summed E-state index contributed by atoms with van der Waals surface area (Å²) >= 11 is 1.75. The summed E-state index contributed by atoms with van der Waals surface area (Å²) in [6.07, 6.45) is 6.62. The Labute approximate surface area is 296 Å². The Bertz CT molecular complexity index is 2490. The van der Waals surface area contributed by atoms with Crippen molar-refractivity contribution >= 4 is 44.4 Å². The molecule has 1 aliphatic carbocycles. The lowest BCUT2D eigenvalue weighted by molar-refractivity contribution is 0.768. The summed E-state index contributed by atoms with van der Waals surface area (Å²) in [5, 5.41) is 12.2. The van der Waals surface area contributed by atoms with Gasteiger partial charge in [-0.25, -0.2) is 0 Å². The Kier molecular flexibility index (Phi) is 7.16. The normalized spacial score (nSPS) is 14.1. The van der Waals surface area contributed by atoms with Crippen LogP contribution in [0.4, 0.5) is 10.7 Å². The quantitative estimate of drug-likeness (QED) is 0.167. The second-order valence-corrected chi connectivity index (χ2v) is 13.8. The van der Waals surface area contributed by atoms with Crippen LogP contribution in [0, 0.1) is 11.3 Å². The third kappa shape index (κ3) is 4.59. The van der Waals surface area contributed by atoms with Crippen LogP contribution in [0.2, 0.25) is 0 Å². The molecule has 236 valence electrons. The number of allylic oxidation sites excluding steroid dienone is 2. The lowest BCUT2D eigenvalue weighted by Crippen LogP contribution is -2.28. The van der Waals surface area contributed by atoms with Gasteiger partial charge in [0.15, 0.2) is 0 Å². The molecule has 50 heavy (non-hydrogen) atoms. The molecule has 9 rings (SSSR count). The van der Waals surface area contributed by atoms with Gasteiger partial charge in [-0.15, -0.1) is 11.3 Å². The molecule has 6 aromatic carbocycles. The fourth-order valence-corrected chi connectivity index (χ4v) is 8.97. The van der Waals surface area contributed by atoms with Crippen LogP contribution in [0.3, 0.4) is 0 Å². The number of hydrogen-bond donors (Lipinski definition) is 0. The maximum Gasteiger partial charge on any atom is 0.123 e. The molecule has 0 spiro atoms. The number of rotatable bonds is 6. The zero-order chi connectivity index (χ0) is 33.7. The highest BCUT2D eigenvalue weighted by molar-refractivity contribution is 7.23. The summed E-state index contributed by atoms with van der Waals surface area (Å²) < 4.78 is 1.22. The number of aliphatic imine (C=N–C) groups is 1. The highest BCUT2D eigenvalue weighted by atomic mass is 32.1. The van der Waals surface area contributed by atoms with Crippen molar-refractivity contribution in [1.29, 1.82) is 5.26 Å². The number of fused-ring (bicyclic) bond motifs is 4. The SMILES string of the molecule is C=Nc1c(N2C=CC(c3ccc(-c4ccc5c(c4)C(c4ccccc4)(c4ccccc4)c4cc(C#N)ccc4-5)cc3)=CC2)sc2ccccc12. The minimum atomic E-state index is -0.561. The topological polar surface area (TPSA) is 39.4 Å². The van der Waals surface area contributed by atoms with Crippen LogP contribution in [0.25, 0.3) is 37.9 Å². The van der Waals surface area contributed by atoms with Crippen molar-refractivity contribution in [1.82, 2.24) is 0 Å². The molecular weight excluding hydrogens is 627 g/mol. The molecule has 7 aromatic rings. The van der Waals surface area contributed by atoms with Gasteiger partial charge in [-0.2, -0.15) is 5.26 Å². The number of nitrogens with zero attached hydrogens (tertiary/aromatic N) is 3. The molecule has 3 nitrogen and oxygen atoms in total. The molecule has 0 atom stereocenters. The molecule has 4 heteroatoms. The van der Waals surface area contributed by atoms with Crippen molar-refractivity contribution in [3.8, 4) is 28.3 Å². The van der Waals surface area contributed by atoms with Crippen LogP contribution < -0.4 is 4.90 Å². The van der Waals surface area contributed by atoms with Gasteiger partial charge in [-0.05, 0) is 92.7 Å². The smallest absolute Gasteiger partial charge is 0.123 e. The van der Waals surface area contributed by atoms with Gasteiger partial charge in [0.05, 0.1) is 17.0 Å². The first kappa shape index (κ1) is 29.8. The Morgan fingerprint density at radius 3 is 1.96 bits per heavy atom. The van der Waals surface area contributed by atoms with Gasteiger partial charge < -0.3 is 4.90 Å². The van der Waals surface area contributed by atoms with Crippen molar-refractivity contribution in [3.05, 3.63) is 197 Å². The Balaban J connectivity index is 1.09. The lowest BCUT2D eigenvalue weighted by atomic mass is 9.67. The molecule has 1 aromatic heterocycles. The van der Waals surface area contributed by atoms with E-state index in [9.17, 15) is 5.26 Å². The second kappa shape index (κ2) is 12.0. The van der Waals surface area contributed by atoms with Crippen LogP contribution >= 0.6 is 11.3 Å². The van der Waals surface area contributed by atoms with E-state index in [1.807, 2.05) is 6.07 Å². The molecule has 0 unspecified atom stereocenters. The van der Waals surface area contributed by atoms with E-state index in [1.54, 1.807) is 11.3 Å². The molecule has 0 saturated heterocycles. The zero-order valence-corrected chi connectivity index (χ0v) is 28.1. The molecule has 0 bridgehead atoms. The Hall–Kier alpha value is -6.28. The third-order valence-corrected chi connectivity index (χ3v) is 11.3. The first-order valence-corrected chi connectivity index (χ1v) is 17.6. The minimum Gasteiger partial charge on any atom is -0.334 e. The molecule has 1 aliphatic heterocycles. The summed E-state index contributed by atoms with van der Waals surface area (Å²) in [4.78, 5) is 6.64. The van der Waals surface area contributed by atoms with E-state index in [-0.39, 0.29) is 0 Å². The van der Waals surface area contributed by atoms with Crippen LogP contribution in [-0.4, -0.2) is 13.3 Å². The monoisotopic (exact) mass is 657 g/mol. The summed E-state index contributed by atoms with van der Waals surface area (Å²) in [6, 6.07) is 54.1. The summed E-state index contributed by atoms with van der Waals surface area (Å²) in [5.41, 5.74) is 12.9. The second-order valence-electron chi connectivity index (χ2n) is 12.7. The van der Waals surface area contributed by atoms with Crippen LogP contribution in [0.5, 0.6) is 0 Å². The number of benzene rings is 6. The fourth-order valence-electron chi connectivity index (χ4n) is 7.82. The first-order chi connectivity index (χ1) is 24.7. The molecule has 0 radical (unpaired) electrons. The standard InChI is InChI=1S/C46H31N3S/c1-48-44-40-14-8-9-15-43(40)50-45(44)49-26-24-34(25-27-49)32-17-19-33(20-18-32)35-21-23-39-38-22-16-31(30-47)28-41(38)46(42(39)29-35,36-10-4-2-5-11-36)37-12-6-3-7-13-37/h2-26,28-29H,1,27H2. The van der Waals surface area contributed by atoms with Crippen molar-refractivity contribution in [3.63, 3.8) is 0 Å². The van der Waals surface area contributed by atoms with Crippen LogP contribution in [-0.2, 0) is 5.41 Å². The van der Waals surface area contributed by atoms with Crippen molar-refractivity contribution in [2.45, 2.75) is 5.41 Å². The number of nitriles is 1. The predicted octanol–water partition coefficient (Wildman–Crippen LogP) is 11.6. The Morgan fingerprint density at radius 2 is 1.30 bits per heavy atom. The number of hydrogen-bond acceptors (Lipinski definition) is 4. The average molecular weight is 658 g/mol. The Morgan fingerprint density at radius 1 is 0.680 bits per heavy atom. The van der Waals surface area contributed by atoms with E-state index in [4.69, 9.17) is 0 Å². The van der Waals surface area contributed by atoms with Crippen LogP contribution in [0.15, 0.2) is 169 Å². The lowest BCUT2D eigenvalue weighted by Gasteiger charge is -2.34. The first-order valence-electron chi connectivity index (χ1n) is 16.7. The van der Waals surface area contributed by atoms with E-state index < -0.39 is 5.41 Å². The average Bonchev–Trinajstić information content (AvgIpc) is 3.72. The van der Waals surface area contributed by atoms with E-state index >= 15 is 0 Å². The maximum atomic E-state index is 9.95. The van der Waals surface area contributed by atoms with Gasteiger partial charge in [0.2, 0.25) is 0 Å². The van der Waals surface area contributed by atoms with Crippen molar-refractivity contribution in [2.24, 2.45) is 4.99 Å². The maximum absolute atomic E-state index is 9.95. The van der Waals surface area contributed by atoms with Crippen LogP contribution in [0.1, 0.15) is 33.4 Å². The van der Waals surface area contributed by atoms with Gasteiger partial charge >= 0.3 is 0 Å². The molecule has 0 N–H and O–H groups in total. The molecule has 2 aliphatic rings. The summed E-state index contributed by atoms with van der Waals surface area (Å²) in [6.45, 7) is 4.63. The highest BCUT2D eigenvalue weighted by Crippen LogP contribution is 2.57. The molecule has 0 fully saturated rings. The van der Waals surface area contributed by atoms with Crippen molar-refractivity contribution in [2.75, 3.05) is 11.4 Å². The van der Waals surface area contributed by atoms with Gasteiger partial charge in [0.25, 0.3) is 0 Å². The van der Waals surface area contributed by atoms with E-state index in [0.717, 1.165) is 39.3 Å². The van der Waals surface area contributed by atoms with Gasteiger partial charge in [-0.1, -0.05) is 127 Å². The number of thiophene rings is 1. The van der Waals surface area contributed by atoms with Gasteiger partial charge in [0.1, 0.15) is 10.7 Å². The largest absolute Gasteiger partial charge is 0.334 e. The van der Waals surface area contributed by atoms with Gasteiger partial charge in [0, 0.05) is 22.8 Å². The number of anilines is 1.